The van der Waals surface area contributed by atoms with Crippen LogP contribution in [0.25, 0.3) is 0 Å². The Balaban J connectivity index is 6.86. The van der Waals surface area contributed by atoms with E-state index in [4.69, 9.17) is 37.9 Å². The Morgan fingerprint density at radius 2 is 0.548 bits per heavy atom. The normalized spacial score (nSPS) is 12.5. The third kappa shape index (κ3) is 73.2. The Hall–Kier alpha value is -5.70. The van der Waals surface area contributed by atoms with Crippen LogP contribution in [0.3, 0.4) is 0 Å². The van der Waals surface area contributed by atoms with Gasteiger partial charge in [0.05, 0.1) is 39.2 Å². The topological polar surface area (TPSA) is 355 Å². The molecule has 0 saturated carbocycles. The summed E-state index contributed by atoms with van der Waals surface area (Å²) in [5, 5.41) is 48.0. The minimum Gasteiger partial charge on any atom is -0.480 e. The van der Waals surface area contributed by atoms with Crippen molar-refractivity contribution < 1.29 is 111 Å². The maximum absolute atomic E-state index is 14.2. The summed E-state index contributed by atoms with van der Waals surface area (Å²) >= 11 is 0. The van der Waals surface area contributed by atoms with Crippen LogP contribution in [0.2, 0.25) is 0 Å². The highest BCUT2D eigenvalue weighted by Crippen LogP contribution is 2.23. The second-order valence-electron chi connectivity index (χ2n) is 31.6. The van der Waals surface area contributed by atoms with Gasteiger partial charge in [-0.15, -0.1) is 0 Å². The van der Waals surface area contributed by atoms with E-state index in [9.17, 15) is 73.5 Å². The Labute approximate surface area is 693 Å². The lowest BCUT2D eigenvalue weighted by Gasteiger charge is -2.33. The van der Waals surface area contributed by atoms with E-state index in [0.717, 1.165) is 117 Å². The molecule has 0 fully saturated rings. The van der Waals surface area contributed by atoms with Crippen molar-refractivity contribution >= 4 is 59.9 Å². The van der Waals surface area contributed by atoms with Crippen LogP contribution in [0.1, 0.15) is 387 Å². The van der Waals surface area contributed by atoms with Gasteiger partial charge in [-0.1, -0.05) is 336 Å². The van der Waals surface area contributed by atoms with Crippen molar-refractivity contribution in [2.24, 2.45) is 0 Å². The zero-order valence-electron chi connectivity index (χ0n) is 72.4. The molecule has 0 aliphatic carbocycles. The van der Waals surface area contributed by atoms with Gasteiger partial charge < -0.3 is 63.4 Å². The monoisotopic (exact) mass is 1640 g/mol. The molecule has 672 valence electrons. The van der Waals surface area contributed by atoms with Crippen molar-refractivity contribution in [3.63, 3.8) is 0 Å². The predicted octanol–water partition coefficient (Wildman–Crippen LogP) is 19.1. The molecule has 0 bridgehead atoms. The molecule has 0 aromatic carbocycles. The molecule has 26 nitrogen and oxygen atoms in total. The van der Waals surface area contributed by atoms with Crippen LogP contribution >= 0.6 is 0 Å². The third-order valence-electron chi connectivity index (χ3n) is 21.0. The second-order valence-corrected chi connectivity index (χ2v) is 31.6. The highest BCUT2D eigenvalue weighted by molar-refractivity contribution is 5.81. The van der Waals surface area contributed by atoms with Crippen LogP contribution < -0.4 is 0 Å². The van der Waals surface area contributed by atoms with E-state index in [1.165, 1.54) is 205 Å². The summed E-state index contributed by atoms with van der Waals surface area (Å²) < 4.78 is 47.4. The SMILES string of the molecule is CCCCCCCCCCCCCCCOC(COC(=O)CCCCCCCCCCCCCCC)C(OCCOC(=O)OCCOC(=O)CC(C(=O)O)N(CCN(CC(=O)O)CC(=O)O)CCN(CC(=O)O)CC(=O)O)C(COC(=O)CCCCCCCCCCCCCCC)OC(=O)CCCCCCCCCCCCCCC. The van der Waals surface area contributed by atoms with Crippen molar-refractivity contribution in [1.82, 2.24) is 14.7 Å². The molecular formula is C89H163N3O23. The van der Waals surface area contributed by atoms with E-state index in [0.29, 0.717) is 25.7 Å². The van der Waals surface area contributed by atoms with E-state index in [-0.39, 0.29) is 65.3 Å². The number of carboxylic acids is 5. The van der Waals surface area contributed by atoms with E-state index in [2.05, 4.69) is 27.7 Å². The van der Waals surface area contributed by atoms with Gasteiger partial charge in [0, 0.05) is 52.0 Å². The number of nitrogens with zero attached hydrogens (tertiary/aromatic N) is 3. The smallest absolute Gasteiger partial charge is 0.480 e. The Morgan fingerprint density at radius 1 is 0.270 bits per heavy atom. The molecule has 26 heteroatoms. The maximum Gasteiger partial charge on any atom is 0.508 e. The number of rotatable bonds is 89. The van der Waals surface area contributed by atoms with Gasteiger partial charge in [0.25, 0.3) is 0 Å². The highest BCUT2D eigenvalue weighted by Gasteiger charge is 2.37. The third-order valence-corrected chi connectivity index (χ3v) is 21.0. The van der Waals surface area contributed by atoms with Gasteiger partial charge in [0.2, 0.25) is 0 Å². The highest BCUT2D eigenvalue weighted by atomic mass is 16.7. The molecule has 0 aliphatic heterocycles. The number of unbranched alkanes of at least 4 members (excludes halogenated alkanes) is 48. The molecular weight excluding hydrogens is 1480 g/mol. The van der Waals surface area contributed by atoms with Crippen LogP contribution in [-0.2, 0) is 81.0 Å². The fourth-order valence-electron chi connectivity index (χ4n) is 14.2. The van der Waals surface area contributed by atoms with Gasteiger partial charge in [-0.25, -0.2) is 4.79 Å². The molecule has 0 amide bonds. The Morgan fingerprint density at radius 3 is 0.861 bits per heavy atom. The number of ether oxygens (including phenoxy) is 8. The fraction of sp³-hybridized carbons (Fsp3) is 0.888. The van der Waals surface area contributed by atoms with Gasteiger partial charge >= 0.3 is 59.9 Å². The number of carboxylic acid groups (broad SMARTS) is 5. The number of carbonyl (C=O) groups excluding carboxylic acids is 5. The fourth-order valence-corrected chi connectivity index (χ4v) is 14.2. The summed E-state index contributed by atoms with van der Waals surface area (Å²) in [4.78, 5) is 130. The second kappa shape index (κ2) is 80.7. The number of hydrogen-bond acceptors (Lipinski definition) is 21. The molecule has 0 rings (SSSR count). The number of esters is 4. The van der Waals surface area contributed by atoms with Crippen molar-refractivity contribution in [2.45, 2.75) is 412 Å². The zero-order chi connectivity index (χ0) is 84.7. The lowest BCUT2D eigenvalue weighted by Crippen LogP contribution is -2.50. The largest absolute Gasteiger partial charge is 0.508 e. The lowest BCUT2D eigenvalue weighted by molar-refractivity contribution is -0.190. The summed E-state index contributed by atoms with van der Waals surface area (Å²) in [6.45, 7) is 2.11. The van der Waals surface area contributed by atoms with E-state index in [1.807, 2.05) is 0 Å². The predicted molar refractivity (Wildman–Crippen MR) is 447 cm³/mol. The molecule has 115 heavy (non-hydrogen) atoms. The van der Waals surface area contributed by atoms with Crippen LogP contribution in [0, 0.1) is 0 Å². The first kappa shape index (κ1) is 109. The molecule has 0 aliphatic rings. The molecule has 0 aromatic heterocycles. The summed E-state index contributed by atoms with van der Waals surface area (Å²) in [6, 6.07) is -1.73. The van der Waals surface area contributed by atoms with Crippen LogP contribution in [0.4, 0.5) is 4.79 Å². The summed E-state index contributed by atoms with van der Waals surface area (Å²) in [7, 11) is 0. The first-order valence-corrected chi connectivity index (χ1v) is 45.7. The number of hydrogen-bond donors (Lipinski definition) is 5. The van der Waals surface area contributed by atoms with E-state index >= 15 is 0 Å². The van der Waals surface area contributed by atoms with E-state index in [1.54, 1.807) is 0 Å². The van der Waals surface area contributed by atoms with Gasteiger partial charge in [-0.2, -0.15) is 0 Å². The molecule has 5 N–H and O–H groups in total. The van der Waals surface area contributed by atoms with Crippen molar-refractivity contribution in [3.05, 3.63) is 0 Å². The van der Waals surface area contributed by atoms with Gasteiger partial charge in [-0.05, 0) is 25.7 Å². The Kier molecular flexibility index (Phi) is 76.7. The maximum atomic E-state index is 14.2. The van der Waals surface area contributed by atoms with Crippen LogP contribution in [0.5, 0.6) is 0 Å². The molecule has 0 spiro atoms. The minimum atomic E-state index is -1.73. The minimum absolute atomic E-state index is 0.0891. The average Bonchev–Trinajstić information content (AvgIpc) is 0.934. The Bertz CT molecular complexity index is 2330. The quantitative estimate of drug-likeness (QED) is 0.0214. The molecule has 4 unspecified atom stereocenters. The first-order valence-electron chi connectivity index (χ1n) is 45.7. The van der Waals surface area contributed by atoms with Gasteiger partial charge in [-0.3, -0.25) is 57.9 Å². The molecule has 0 aromatic rings. The van der Waals surface area contributed by atoms with Gasteiger partial charge in [0.1, 0.15) is 51.3 Å². The zero-order valence-corrected chi connectivity index (χ0v) is 72.4. The summed E-state index contributed by atoms with van der Waals surface area (Å²) in [5.74, 6) is -9.63. The lowest BCUT2D eigenvalue weighted by atomic mass is 10.0. The standard InChI is InChI=1S/C89H163N3O23/c1-5-9-13-17-21-25-29-33-37-41-45-49-53-57-83(101)113-74-77(108-64-56-52-48-44-40-36-32-28-24-20-16-12-8-4)87(78(115-85(103)59-55-51-47-43-39-35-31-27-23-19-15-11-7-3)75-114-84(102)58-54-50-46-42-38-34-30-26-22-18-14-10-6-2)110-66-68-112-89(107)111-67-65-109-86(104)69-76(88(105)106)92(62-60-90(70-79(93)94)71-80(95)96)63-61-91(72-81(97)98)73-82(99)100/h76-78,87H,5-75H2,1-4H3,(H,93,94)(H,95,96)(H,97,98)(H,99,100)(H,105,106). The van der Waals surface area contributed by atoms with Gasteiger partial charge in [0.15, 0.2) is 6.10 Å². The molecule has 4 atom stereocenters. The average molecular weight is 1640 g/mol. The van der Waals surface area contributed by atoms with E-state index < -0.39 is 143 Å². The van der Waals surface area contributed by atoms with Crippen molar-refractivity contribution in [2.75, 3.05) is 98.6 Å². The van der Waals surface area contributed by atoms with Crippen molar-refractivity contribution in [1.29, 1.82) is 0 Å². The summed E-state index contributed by atoms with van der Waals surface area (Å²) in [5.41, 5.74) is 0. The number of aliphatic carboxylic acids is 5. The first-order chi connectivity index (χ1) is 55.8. The number of carbonyl (C=O) groups is 10. The van der Waals surface area contributed by atoms with Crippen LogP contribution in [-0.4, -0.2) is 223 Å². The summed E-state index contributed by atoms with van der Waals surface area (Å²) in [6.07, 6.45) is 54.0. The molecule has 0 heterocycles. The van der Waals surface area contributed by atoms with Crippen LogP contribution in [0.15, 0.2) is 0 Å². The van der Waals surface area contributed by atoms with Crippen molar-refractivity contribution in [3.8, 4) is 0 Å². The molecule has 0 saturated heterocycles. The molecule has 0 radical (unpaired) electrons.